The van der Waals surface area contributed by atoms with E-state index in [-0.39, 0.29) is 11.6 Å². The molecule has 0 aromatic heterocycles. The highest BCUT2D eigenvalue weighted by Crippen LogP contribution is 2.25. The van der Waals surface area contributed by atoms with Crippen molar-refractivity contribution in [3.63, 3.8) is 0 Å². The fourth-order valence-electron chi connectivity index (χ4n) is 1.48. The van der Waals surface area contributed by atoms with Crippen molar-refractivity contribution in [2.45, 2.75) is 6.42 Å². The number of nitro groups is 1. The van der Waals surface area contributed by atoms with Gasteiger partial charge in [0, 0.05) is 29.7 Å². The van der Waals surface area contributed by atoms with Gasteiger partial charge in [-0.3, -0.25) is 14.9 Å². The third kappa shape index (κ3) is 1.92. The van der Waals surface area contributed by atoms with Crippen LogP contribution in [-0.4, -0.2) is 28.8 Å². The molecule has 1 aliphatic rings. The zero-order valence-corrected chi connectivity index (χ0v) is 9.94. The number of likely N-dealkylation sites (tertiary alicyclic amines) is 1. The van der Waals surface area contributed by atoms with Gasteiger partial charge in [0.05, 0.1) is 10.5 Å². The molecule has 16 heavy (non-hydrogen) atoms. The average Bonchev–Trinajstić information content (AvgIpc) is 2.14. The van der Waals surface area contributed by atoms with E-state index in [1.54, 1.807) is 4.90 Å². The molecule has 1 aromatic carbocycles. The molecule has 6 heteroatoms. The van der Waals surface area contributed by atoms with Crippen LogP contribution in [-0.2, 0) is 0 Å². The topological polar surface area (TPSA) is 63.4 Å². The zero-order chi connectivity index (χ0) is 11.7. The second-order valence-corrected chi connectivity index (χ2v) is 4.42. The number of amides is 1. The Balaban J connectivity index is 2.28. The maximum absolute atomic E-state index is 11.9. The van der Waals surface area contributed by atoms with Crippen molar-refractivity contribution in [3.05, 3.63) is 38.3 Å². The highest BCUT2D eigenvalue weighted by molar-refractivity contribution is 9.10. The molecule has 2 rings (SSSR count). The number of carbonyl (C=O) groups excluding carboxylic acids is 1. The minimum Gasteiger partial charge on any atom is -0.338 e. The highest BCUT2D eigenvalue weighted by atomic mass is 79.9. The predicted octanol–water partition coefficient (Wildman–Crippen LogP) is 2.20. The number of non-ortho nitro benzene ring substituents is 1. The quantitative estimate of drug-likeness (QED) is 0.618. The van der Waals surface area contributed by atoms with E-state index in [1.165, 1.54) is 18.2 Å². The first kappa shape index (κ1) is 11.1. The van der Waals surface area contributed by atoms with Gasteiger partial charge in [-0.15, -0.1) is 0 Å². The second kappa shape index (κ2) is 4.21. The zero-order valence-electron chi connectivity index (χ0n) is 8.35. The normalized spacial score (nSPS) is 14.4. The molecule has 1 saturated heterocycles. The highest BCUT2D eigenvalue weighted by Gasteiger charge is 2.24. The Kier molecular flexibility index (Phi) is 2.91. The van der Waals surface area contributed by atoms with Crippen LogP contribution in [0.25, 0.3) is 0 Å². The summed E-state index contributed by atoms with van der Waals surface area (Å²) in [5, 5.41) is 10.5. The van der Waals surface area contributed by atoms with Crippen LogP contribution in [0, 0.1) is 10.1 Å². The summed E-state index contributed by atoms with van der Waals surface area (Å²) < 4.78 is 0.471. The molecular weight excluding hydrogens is 276 g/mol. The fraction of sp³-hybridized carbons (Fsp3) is 0.300. The van der Waals surface area contributed by atoms with Gasteiger partial charge in [-0.25, -0.2) is 0 Å². The number of halogens is 1. The summed E-state index contributed by atoms with van der Waals surface area (Å²) in [5.74, 6) is -0.0759. The lowest BCUT2D eigenvalue weighted by Gasteiger charge is -2.31. The van der Waals surface area contributed by atoms with Gasteiger partial charge in [-0.05, 0) is 28.4 Å². The third-order valence-corrected chi connectivity index (χ3v) is 3.19. The average molecular weight is 285 g/mol. The molecule has 0 atom stereocenters. The summed E-state index contributed by atoms with van der Waals surface area (Å²) in [5.41, 5.74) is 0.456. The van der Waals surface area contributed by atoms with E-state index in [9.17, 15) is 14.9 Å². The Labute approximate surface area is 100 Å². The van der Waals surface area contributed by atoms with Gasteiger partial charge in [-0.1, -0.05) is 0 Å². The molecular formula is C10H9BrN2O3. The van der Waals surface area contributed by atoms with Crippen LogP contribution < -0.4 is 0 Å². The largest absolute Gasteiger partial charge is 0.338 e. The molecule has 1 aliphatic heterocycles. The maximum Gasteiger partial charge on any atom is 0.270 e. The molecule has 0 N–H and O–H groups in total. The lowest BCUT2D eigenvalue weighted by atomic mass is 10.1. The number of benzene rings is 1. The summed E-state index contributed by atoms with van der Waals surface area (Å²) >= 11 is 3.19. The number of nitrogens with zero attached hydrogens (tertiary/aromatic N) is 2. The van der Waals surface area contributed by atoms with Crippen LogP contribution in [0.2, 0.25) is 0 Å². The lowest BCUT2D eigenvalue weighted by Crippen LogP contribution is -2.42. The molecule has 0 radical (unpaired) electrons. The van der Waals surface area contributed by atoms with Crippen LogP contribution in [0.4, 0.5) is 5.69 Å². The molecule has 1 fully saturated rings. The molecule has 0 bridgehead atoms. The Morgan fingerprint density at radius 3 is 2.56 bits per heavy atom. The second-order valence-electron chi connectivity index (χ2n) is 3.57. The minimum atomic E-state index is -0.483. The van der Waals surface area contributed by atoms with Crippen LogP contribution in [0.5, 0.6) is 0 Å². The van der Waals surface area contributed by atoms with Crippen molar-refractivity contribution in [2.75, 3.05) is 13.1 Å². The molecule has 0 saturated carbocycles. The summed E-state index contributed by atoms with van der Waals surface area (Å²) in [4.78, 5) is 23.6. The van der Waals surface area contributed by atoms with Gasteiger partial charge in [0.25, 0.3) is 11.6 Å². The number of hydrogen-bond acceptors (Lipinski definition) is 3. The molecule has 1 aromatic rings. The van der Waals surface area contributed by atoms with E-state index in [4.69, 9.17) is 0 Å². The fourth-order valence-corrected chi connectivity index (χ4v) is 2.02. The number of rotatable bonds is 2. The number of hydrogen-bond donors (Lipinski definition) is 0. The number of carbonyl (C=O) groups is 1. The molecule has 1 heterocycles. The first-order valence-electron chi connectivity index (χ1n) is 4.83. The van der Waals surface area contributed by atoms with E-state index in [1.807, 2.05) is 0 Å². The van der Waals surface area contributed by atoms with Crippen molar-refractivity contribution >= 4 is 27.5 Å². The van der Waals surface area contributed by atoms with E-state index >= 15 is 0 Å². The van der Waals surface area contributed by atoms with E-state index in [0.717, 1.165) is 19.5 Å². The summed E-state index contributed by atoms with van der Waals surface area (Å²) in [6, 6.07) is 4.19. The van der Waals surface area contributed by atoms with Crippen molar-refractivity contribution in [3.8, 4) is 0 Å². The van der Waals surface area contributed by atoms with Crippen molar-refractivity contribution in [2.24, 2.45) is 0 Å². The third-order valence-electron chi connectivity index (χ3n) is 2.54. The SMILES string of the molecule is O=C(c1ccc([N+](=O)[O-])cc1Br)N1CCC1. The van der Waals surface area contributed by atoms with E-state index in [2.05, 4.69) is 15.9 Å². The first-order chi connectivity index (χ1) is 7.59. The van der Waals surface area contributed by atoms with Crippen LogP contribution in [0.1, 0.15) is 16.8 Å². The Bertz CT molecular complexity index is 457. The summed E-state index contributed by atoms with van der Waals surface area (Å²) in [6.45, 7) is 1.53. The standard InChI is InChI=1S/C10H9BrN2O3/c11-9-6-7(13(15)16)2-3-8(9)10(14)12-4-1-5-12/h2-3,6H,1,4-5H2. The predicted molar refractivity (Wildman–Crippen MR) is 61.3 cm³/mol. The smallest absolute Gasteiger partial charge is 0.270 e. The van der Waals surface area contributed by atoms with Gasteiger partial charge >= 0.3 is 0 Å². The van der Waals surface area contributed by atoms with E-state index in [0.29, 0.717) is 10.0 Å². The Morgan fingerprint density at radius 1 is 1.44 bits per heavy atom. The number of nitro benzene ring substituents is 1. The van der Waals surface area contributed by atoms with Crippen molar-refractivity contribution < 1.29 is 9.72 Å². The lowest BCUT2D eigenvalue weighted by molar-refractivity contribution is -0.384. The molecule has 5 nitrogen and oxygen atoms in total. The molecule has 1 amide bonds. The summed E-state index contributed by atoms with van der Waals surface area (Å²) in [6.07, 6.45) is 1.02. The van der Waals surface area contributed by atoms with Gasteiger partial charge in [0.1, 0.15) is 0 Å². The van der Waals surface area contributed by atoms with Gasteiger partial charge in [0.15, 0.2) is 0 Å². The van der Waals surface area contributed by atoms with E-state index < -0.39 is 4.92 Å². The maximum atomic E-state index is 11.9. The van der Waals surface area contributed by atoms with Crippen molar-refractivity contribution in [1.82, 2.24) is 4.90 Å². The molecule has 0 aliphatic carbocycles. The first-order valence-corrected chi connectivity index (χ1v) is 5.62. The van der Waals surface area contributed by atoms with Crippen molar-refractivity contribution in [1.29, 1.82) is 0 Å². The van der Waals surface area contributed by atoms with Crippen LogP contribution in [0.3, 0.4) is 0 Å². The Hall–Kier alpha value is -1.43. The summed E-state index contributed by atoms with van der Waals surface area (Å²) in [7, 11) is 0. The van der Waals surface area contributed by atoms with Gasteiger partial charge in [-0.2, -0.15) is 0 Å². The minimum absolute atomic E-state index is 0.0213. The van der Waals surface area contributed by atoms with Gasteiger partial charge in [0.2, 0.25) is 0 Å². The molecule has 0 unspecified atom stereocenters. The van der Waals surface area contributed by atoms with Crippen LogP contribution >= 0.6 is 15.9 Å². The molecule has 0 spiro atoms. The Morgan fingerprint density at radius 2 is 2.12 bits per heavy atom. The van der Waals surface area contributed by atoms with Gasteiger partial charge < -0.3 is 4.90 Å². The monoisotopic (exact) mass is 284 g/mol. The van der Waals surface area contributed by atoms with Crippen LogP contribution in [0.15, 0.2) is 22.7 Å². The molecule has 84 valence electrons.